The Morgan fingerprint density at radius 3 is 1.90 bits per heavy atom. The van der Waals surface area contributed by atoms with Crippen molar-refractivity contribution in [1.29, 1.82) is 0 Å². The van der Waals surface area contributed by atoms with Crippen LogP contribution in [0.3, 0.4) is 0 Å². The summed E-state index contributed by atoms with van der Waals surface area (Å²) in [6, 6.07) is 0. The first-order valence-corrected chi connectivity index (χ1v) is 5.82. The van der Waals surface area contributed by atoms with Crippen LogP contribution >= 0.6 is 0 Å². The molecule has 0 bridgehead atoms. The molecule has 20 heavy (non-hydrogen) atoms. The van der Waals surface area contributed by atoms with Gasteiger partial charge in [0, 0.05) is 11.1 Å². The lowest BCUT2D eigenvalue weighted by molar-refractivity contribution is -0.144. The van der Waals surface area contributed by atoms with Crippen molar-refractivity contribution in [3.63, 3.8) is 0 Å². The highest BCUT2D eigenvalue weighted by molar-refractivity contribution is 6.05. The van der Waals surface area contributed by atoms with Crippen LogP contribution in [0.25, 0.3) is 0 Å². The van der Waals surface area contributed by atoms with E-state index in [1.807, 2.05) is 0 Å². The Bertz CT molecular complexity index is 389. The molecule has 0 amide bonds. The number of hydrogen-bond acceptors (Lipinski definition) is 8. The van der Waals surface area contributed by atoms with Crippen LogP contribution in [0.15, 0.2) is 11.1 Å². The van der Waals surface area contributed by atoms with Crippen LogP contribution in [-0.2, 0) is 14.3 Å². The quantitative estimate of drug-likeness (QED) is 0.256. The van der Waals surface area contributed by atoms with Crippen molar-refractivity contribution in [3.8, 4) is 0 Å². The Morgan fingerprint density at radius 1 is 1.00 bits per heavy atom. The van der Waals surface area contributed by atoms with E-state index in [9.17, 15) is 24.9 Å². The zero-order valence-electron chi connectivity index (χ0n) is 11.5. The molecule has 0 saturated heterocycles. The Morgan fingerprint density at radius 2 is 1.50 bits per heavy atom. The standard InChI is InChI=1S/C12H20O8/c1-5(6(2)12(19)20-3)8(15)10(17)11(18)9(16)7(14)4-13/h7,9-11,13-14,16-18H,4H2,1-3H3/t7-,9-,10+,11+/m1/s1. The first-order chi connectivity index (χ1) is 9.18. The number of methoxy groups -OCH3 is 1. The van der Waals surface area contributed by atoms with Gasteiger partial charge in [-0.05, 0) is 13.8 Å². The van der Waals surface area contributed by atoms with Gasteiger partial charge < -0.3 is 30.3 Å². The number of carbonyl (C=O) groups excluding carboxylic acids is 2. The molecular formula is C12H20O8. The number of esters is 1. The number of hydrogen-bond donors (Lipinski definition) is 5. The Labute approximate surface area is 115 Å². The first kappa shape index (κ1) is 18.7. The van der Waals surface area contributed by atoms with Crippen LogP contribution in [0.2, 0.25) is 0 Å². The molecule has 0 spiro atoms. The van der Waals surface area contributed by atoms with E-state index in [1.54, 1.807) is 0 Å². The minimum Gasteiger partial charge on any atom is -0.466 e. The average Bonchev–Trinajstić information content (AvgIpc) is 2.48. The lowest BCUT2D eigenvalue weighted by Gasteiger charge is -2.25. The van der Waals surface area contributed by atoms with Crippen molar-refractivity contribution in [2.75, 3.05) is 13.7 Å². The van der Waals surface area contributed by atoms with Gasteiger partial charge in [0.2, 0.25) is 0 Å². The molecule has 0 aromatic heterocycles. The lowest BCUT2D eigenvalue weighted by atomic mass is 9.95. The predicted molar refractivity (Wildman–Crippen MR) is 66.5 cm³/mol. The predicted octanol–water partition coefficient (Wildman–Crippen LogP) is -2.50. The maximum absolute atomic E-state index is 11.8. The number of aliphatic hydroxyl groups excluding tert-OH is 5. The van der Waals surface area contributed by atoms with Crippen LogP contribution in [0, 0.1) is 0 Å². The van der Waals surface area contributed by atoms with Gasteiger partial charge in [0.25, 0.3) is 0 Å². The lowest BCUT2D eigenvalue weighted by Crippen LogP contribution is -2.49. The third-order valence-corrected chi connectivity index (χ3v) is 2.95. The molecule has 116 valence electrons. The van der Waals surface area contributed by atoms with E-state index < -0.39 is 42.8 Å². The number of rotatable bonds is 7. The van der Waals surface area contributed by atoms with Gasteiger partial charge in [-0.1, -0.05) is 0 Å². The molecule has 0 aliphatic heterocycles. The highest BCUT2D eigenvalue weighted by Gasteiger charge is 2.35. The largest absolute Gasteiger partial charge is 0.466 e. The number of aliphatic hydroxyl groups is 5. The van der Waals surface area contributed by atoms with E-state index in [-0.39, 0.29) is 11.1 Å². The number of ketones is 1. The summed E-state index contributed by atoms with van der Waals surface area (Å²) in [5, 5.41) is 46.3. The van der Waals surface area contributed by atoms with Crippen molar-refractivity contribution in [3.05, 3.63) is 11.1 Å². The van der Waals surface area contributed by atoms with Crippen molar-refractivity contribution in [1.82, 2.24) is 0 Å². The molecule has 0 fully saturated rings. The second-order valence-electron chi connectivity index (χ2n) is 4.28. The topological polar surface area (TPSA) is 145 Å². The fourth-order valence-electron chi connectivity index (χ4n) is 1.39. The molecule has 0 aromatic carbocycles. The van der Waals surface area contributed by atoms with Gasteiger partial charge in [-0.3, -0.25) is 4.79 Å². The maximum Gasteiger partial charge on any atom is 0.333 e. The third-order valence-electron chi connectivity index (χ3n) is 2.95. The van der Waals surface area contributed by atoms with Gasteiger partial charge in [0.05, 0.1) is 13.7 Å². The molecule has 0 rings (SSSR count). The number of ether oxygens (including phenoxy) is 1. The summed E-state index contributed by atoms with van der Waals surface area (Å²) in [4.78, 5) is 23.1. The van der Waals surface area contributed by atoms with Crippen LogP contribution in [0.4, 0.5) is 0 Å². The van der Waals surface area contributed by atoms with Crippen molar-refractivity contribution in [2.24, 2.45) is 0 Å². The molecule has 0 heterocycles. The first-order valence-electron chi connectivity index (χ1n) is 5.82. The molecule has 0 aliphatic carbocycles. The monoisotopic (exact) mass is 292 g/mol. The van der Waals surface area contributed by atoms with E-state index in [2.05, 4.69) is 4.74 Å². The molecule has 4 atom stereocenters. The van der Waals surface area contributed by atoms with Crippen molar-refractivity contribution in [2.45, 2.75) is 38.3 Å². The van der Waals surface area contributed by atoms with Gasteiger partial charge >= 0.3 is 5.97 Å². The molecule has 0 aliphatic rings. The summed E-state index contributed by atoms with van der Waals surface area (Å²) in [5.41, 5.74) is -0.199. The fourth-order valence-corrected chi connectivity index (χ4v) is 1.39. The molecule has 0 aromatic rings. The minimum atomic E-state index is -2.05. The summed E-state index contributed by atoms with van der Waals surface area (Å²) >= 11 is 0. The summed E-state index contributed by atoms with van der Waals surface area (Å²) < 4.78 is 4.41. The van der Waals surface area contributed by atoms with Crippen LogP contribution in [0.5, 0.6) is 0 Å². The second kappa shape index (κ2) is 8.08. The average molecular weight is 292 g/mol. The molecule has 0 saturated carbocycles. The number of Topliss-reactive ketones (excluding diaryl/α,β-unsaturated/α-hetero) is 1. The molecular weight excluding hydrogens is 272 g/mol. The van der Waals surface area contributed by atoms with E-state index in [4.69, 9.17) is 10.2 Å². The maximum atomic E-state index is 11.8. The van der Waals surface area contributed by atoms with E-state index in [1.165, 1.54) is 13.8 Å². The Hall–Kier alpha value is -1.32. The third kappa shape index (κ3) is 4.36. The van der Waals surface area contributed by atoms with Crippen LogP contribution < -0.4 is 0 Å². The Balaban J connectivity index is 5.07. The second-order valence-corrected chi connectivity index (χ2v) is 4.28. The summed E-state index contributed by atoms with van der Waals surface area (Å²) in [6.07, 6.45) is -7.68. The zero-order valence-corrected chi connectivity index (χ0v) is 11.5. The molecule has 8 heteroatoms. The highest BCUT2D eigenvalue weighted by Crippen LogP contribution is 2.13. The van der Waals surface area contributed by atoms with Gasteiger partial charge in [-0.25, -0.2) is 4.79 Å². The van der Waals surface area contributed by atoms with Crippen molar-refractivity contribution >= 4 is 11.8 Å². The molecule has 0 radical (unpaired) electrons. The van der Waals surface area contributed by atoms with E-state index in [0.29, 0.717) is 0 Å². The van der Waals surface area contributed by atoms with Gasteiger partial charge in [-0.15, -0.1) is 0 Å². The van der Waals surface area contributed by atoms with Gasteiger partial charge in [0.15, 0.2) is 5.78 Å². The fraction of sp³-hybridized carbons (Fsp3) is 0.667. The Kier molecular flexibility index (Phi) is 7.54. The van der Waals surface area contributed by atoms with Crippen molar-refractivity contribution < 1.29 is 39.9 Å². The SMILES string of the molecule is COC(=O)C(C)=C(C)C(=O)[C@H](O)[C@@H](O)[C@H](O)[C@H](O)CO. The van der Waals surface area contributed by atoms with Gasteiger partial charge in [-0.2, -0.15) is 0 Å². The zero-order chi connectivity index (χ0) is 16.0. The normalized spacial score (nSPS) is 18.6. The van der Waals surface area contributed by atoms with Gasteiger partial charge in [0.1, 0.15) is 24.4 Å². The molecule has 0 unspecified atom stereocenters. The molecule has 5 N–H and O–H groups in total. The van der Waals surface area contributed by atoms with E-state index >= 15 is 0 Å². The van der Waals surface area contributed by atoms with Crippen LogP contribution in [0.1, 0.15) is 13.8 Å². The summed E-state index contributed by atoms with van der Waals surface area (Å²) in [6.45, 7) is 1.70. The van der Waals surface area contributed by atoms with E-state index in [0.717, 1.165) is 7.11 Å². The molecule has 8 nitrogen and oxygen atoms in total. The smallest absolute Gasteiger partial charge is 0.333 e. The summed E-state index contributed by atoms with van der Waals surface area (Å²) in [7, 11) is 1.12. The highest BCUT2D eigenvalue weighted by atomic mass is 16.5. The minimum absolute atomic E-state index is 0.0547. The number of carbonyl (C=O) groups is 2. The summed E-state index contributed by atoms with van der Waals surface area (Å²) in [5.74, 6) is -1.77. The van der Waals surface area contributed by atoms with Crippen LogP contribution in [-0.4, -0.2) is 75.4 Å².